The van der Waals surface area contributed by atoms with Crippen molar-refractivity contribution in [3.05, 3.63) is 34.9 Å². The summed E-state index contributed by atoms with van der Waals surface area (Å²) in [6.45, 7) is 8.14. The SMILES string of the molecule is CCc1nc(C)c(C(=O)N(C)Cc2cc(C(C)C)no2)o1. The van der Waals surface area contributed by atoms with Gasteiger partial charge in [0.25, 0.3) is 5.91 Å². The molecule has 6 nitrogen and oxygen atoms in total. The molecule has 0 spiro atoms. The Kier molecular flexibility index (Phi) is 4.45. The molecule has 0 fully saturated rings. The Labute approximate surface area is 124 Å². The van der Waals surface area contributed by atoms with Gasteiger partial charge in [-0.05, 0) is 12.8 Å². The van der Waals surface area contributed by atoms with Gasteiger partial charge in [-0.3, -0.25) is 4.79 Å². The van der Waals surface area contributed by atoms with Crippen LogP contribution in [0.3, 0.4) is 0 Å². The largest absolute Gasteiger partial charge is 0.435 e. The first kappa shape index (κ1) is 15.3. The van der Waals surface area contributed by atoms with Crippen LogP contribution in [0.4, 0.5) is 0 Å². The highest BCUT2D eigenvalue weighted by atomic mass is 16.5. The average molecular weight is 291 g/mol. The Morgan fingerprint density at radius 2 is 2.14 bits per heavy atom. The second-order valence-electron chi connectivity index (χ2n) is 5.41. The van der Waals surface area contributed by atoms with Gasteiger partial charge in [0, 0.05) is 19.5 Å². The summed E-state index contributed by atoms with van der Waals surface area (Å²) in [6, 6.07) is 1.87. The van der Waals surface area contributed by atoms with Gasteiger partial charge in [0.15, 0.2) is 11.7 Å². The van der Waals surface area contributed by atoms with Gasteiger partial charge in [0.05, 0.1) is 17.9 Å². The molecule has 0 unspecified atom stereocenters. The van der Waals surface area contributed by atoms with Gasteiger partial charge in [0.2, 0.25) is 5.76 Å². The second-order valence-corrected chi connectivity index (χ2v) is 5.41. The molecule has 2 heterocycles. The number of aryl methyl sites for hydroxylation is 2. The van der Waals surface area contributed by atoms with Crippen LogP contribution in [0.5, 0.6) is 0 Å². The lowest BCUT2D eigenvalue weighted by atomic mass is 10.1. The number of hydrogen-bond acceptors (Lipinski definition) is 5. The number of amides is 1. The zero-order valence-corrected chi connectivity index (χ0v) is 13.1. The molecule has 114 valence electrons. The third kappa shape index (κ3) is 3.32. The molecule has 0 saturated carbocycles. The molecule has 6 heteroatoms. The van der Waals surface area contributed by atoms with Gasteiger partial charge in [-0.1, -0.05) is 25.9 Å². The third-order valence-electron chi connectivity index (χ3n) is 3.25. The molecular formula is C15H21N3O3. The van der Waals surface area contributed by atoms with E-state index in [1.165, 1.54) is 4.90 Å². The van der Waals surface area contributed by atoms with E-state index in [1.807, 2.05) is 26.8 Å². The molecule has 2 aromatic heterocycles. The maximum Gasteiger partial charge on any atom is 0.291 e. The molecule has 0 aromatic carbocycles. The highest BCUT2D eigenvalue weighted by Crippen LogP contribution is 2.17. The number of nitrogens with zero attached hydrogens (tertiary/aromatic N) is 3. The van der Waals surface area contributed by atoms with Crippen LogP contribution in [0.2, 0.25) is 0 Å². The number of aromatic nitrogens is 2. The van der Waals surface area contributed by atoms with E-state index in [2.05, 4.69) is 10.1 Å². The van der Waals surface area contributed by atoms with Crippen molar-refractivity contribution in [2.24, 2.45) is 0 Å². The zero-order valence-electron chi connectivity index (χ0n) is 13.1. The van der Waals surface area contributed by atoms with Crippen LogP contribution in [0.15, 0.2) is 15.0 Å². The summed E-state index contributed by atoms with van der Waals surface area (Å²) in [5.74, 6) is 1.61. The standard InChI is InChI=1S/C15H21N3O3/c1-6-13-16-10(4)14(20-13)15(19)18(5)8-11-7-12(9(2)3)17-21-11/h7,9H,6,8H2,1-5H3. The lowest BCUT2D eigenvalue weighted by Crippen LogP contribution is -2.26. The summed E-state index contributed by atoms with van der Waals surface area (Å²) in [5, 5.41) is 3.99. The first-order valence-corrected chi connectivity index (χ1v) is 7.09. The monoisotopic (exact) mass is 291 g/mol. The van der Waals surface area contributed by atoms with Crippen molar-refractivity contribution >= 4 is 5.91 Å². The summed E-state index contributed by atoms with van der Waals surface area (Å²) in [4.78, 5) is 18.1. The Bertz CT molecular complexity index is 628. The van der Waals surface area contributed by atoms with Crippen molar-refractivity contribution in [2.45, 2.75) is 46.6 Å². The Morgan fingerprint density at radius 3 is 2.67 bits per heavy atom. The van der Waals surface area contributed by atoms with Gasteiger partial charge in [-0.15, -0.1) is 0 Å². The fraction of sp³-hybridized carbons (Fsp3) is 0.533. The van der Waals surface area contributed by atoms with Gasteiger partial charge < -0.3 is 13.8 Å². The Morgan fingerprint density at radius 1 is 1.43 bits per heavy atom. The summed E-state index contributed by atoms with van der Waals surface area (Å²) < 4.78 is 10.7. The molecule has 0 atom stereocenters. The Hall–Kier alpha value is -2.11. The molecule has 2 rings (SSSR count). The summed E-state index contributed by atoms with van der Waals surface area (Å²) in [6.07, 6.45) is 0.664. The zero-order chi connectivity index (χ0) is 15.6. The topological polar surface area (TPSA) is 72.4 Å². The molecule has 0 aliphatic carbocycles. The van der Waals surface area contributed by atoms with Crippen molar-refractivity contribution in [3.8, 4) is 0 Å². The van der Waals surface area contributed by atoms with Crippen molar-refractivity contribution in [1.82, 2.24) is 15.0 Å². The lowest BCUT2D eigenvalue weighted by Gasteiger charge is -2.13. The first-order valence-electron chi connectivity index (χ1n) is 7.09. The minimum absolute atomic E-state index is 0.206. The van der Waals surface area contributed by atoms with Crippen molar-refractivity contribution in [1.29, 1.82) is 0 Å². The van der Waals surface area contributed by atoms with E-state index in [0.29, 0.717) is 36.2 Å². The van der Waals surface area contributed by atoms with E-state index in [4.69, 9.17) is 8.94 Å². The van der Waals surface area contributed by atoms with Gasteiger partial charge in [-0.25, -0.2) is 4.98 Å². The summed E-state index contributed by atoms with van der Waals surface area (Å²) in [5.41, 5.74) is 1.50. The van der Waals surface area contributed by atoms with Crippen molar-refractivity contribution in [3.63, 3.8) is 0 Å². The molecule has 0 N–H and O–H groups in total. The predicted octanol–water partition coefficient (Wildman–Crippen LogP) is 2.93. The van der Waals surface area contributed by atoms with E-state index >= 15 is 0 Å². The van der Waals surface area contributed by atoms with E-state index in [1.54, 1.807) is 14.0 Å². The van der Waals surface area contributed by atoms with E-state index in [0.717, 1.165) is 5.69 Å². The number of oxazole rings is 1. The molecular weight excluding hydrogens is 270 g/mol. The normalized spacial score (nSPS) is 11.1. The van der Waals surface area contributed by atoms with Crippen LogP contribution in [0, 0.1) is 6.92 Å². The van der Waals surface area contributed by atoms with Crippen LogP contribution in [-0.2, 0) is 13.0 Å². The quantitative estimate of drug-likeness (QED) is 0.847. The summed E-state index contributed by atoms with van der Waals surface area (Å²) >= 11 is 0. The third-order valence-corrected chi connectivity index (χ3v) is 3.25. The highest BCUT2D eigenvalue weighted by Gasteiger charge is 2.22. The fourth-order valence-electron chi connectivity index (χ4n) is 1.96. The number of rotatable bonds is 5. The van der Waals surface area contributed by atoms with Crippen LogP contribution in [0.1, 0.15) is 60.3 Å². The van der Waals surface area contributed by atoms with Gasteiger partial charge in [0.1, 0.15) is 0 Å². The van der Waals surface area contributed by atoms with Gasteiger partial charge >= 0.3 is 0 Å². The number of hydrogen-bond donors (Lipinski definition) is 0. The van der Waals surface area contributed by atoms with E-state index < -0.39 is 0 Å². The fourth-order valence-corrected chi connectivity index (χ4v) is 1.96. The number of carbonyl (C=O) groups is 1. The first-order chi connectivity index (χ1) is 9.92. The van der Waals surface area contributed by atoms with E-state index in [9.17, 15) is 4.79 Å². The highest BCUT2D eigenvalue weighted by molar-refractivity contribution is 5.92. The number of carbonyl (C=O) groups excluding carboxylic acids is 1. The van der Waals surface area contributed by atoms with Crippen molar-refractivity contribution in [2.75, 3.05) is 7.05 Å². The molecule has 1 amide bonds. The Balaban J connectivity index is 2.09. The van der Waals surface area contributed by atoms with Crippen LogP contribution < -0.4 is 0 Å². The predicted molar refractivity (Wildman–Crippen MR) is 77.0 cm³/mol. The molecule has 21 heavy (non-hydrogen) atoms. The molecule has 2 aromatic rings. The minimum atomic E-state index is -0.206. The van der Waals surface area contributed by atoms with Gasteiger partial charge in [-0.2, -0.15) is 0 Å². The molecule has 0 bridgehead atoms. The lowest BCUT2D eigenvalue weighted by molar-refractivity contribution is 0.0737. The minimum Gasteiger partial charge on any atom is -0.435 e. The molecule has 0 saturated heterocycles. The molecule has 0 radical (unpaired) electrons. The van der Waals surface area contributed by atoms with Crippen LogP contribution in [0.25, 0.3) is 0 Å². The van der Waals surface area contributed by atoms with E-state index in [-0.39, 0.29) is 11.7 Å². The van der Waals surface area contributed by atoms with Crippen molar-refractivity contribution < 1.29 is 13.7 Å². The maximum atomic E-state index is 12.4. The molecule has 0 aliphatic rings. The maximum absolute atomic E-state index is 12.4. The summed E-state index contributed by atoms with van der Waals surface area (Å²) in [7, 11) is 1.70. The van der Waals surface area contributed by atoms with Crippen LogP contribution in [-0.4, -0.2) is 28.0 Å². The molecule has 0 aliphatic heterocycles. The van der Waals surface area contributed by atoms with Crippen LogP contribution >= 0.6 is 0 Å². The smallest absolute Gasteiger partial charge is 0.291 e. The average Bonchev–Trinajstić information content (AvgIpc) is 3.04. The second kappa shape index (κ2) is 6.11.